The molecular weight excluding hydrogens is 539 g/mol. The van der Waals surface area contributed by atoms with Gasteiger partial charge < -0.3 is 10.6 Å². The molecule has 35 heavy (non-hydrogen) atoms. The summed E-state index contributed by atoms with van der Waals surface area (Å²) in [4.78, 5) is 13.2. The highest BCUT2D eigenvalue weighted by atomic mass is 35.5. The first-order valence-electron chi connectivity index (χ1n) is 9.97. The Bertz CT molecular complexity index is 1560. The summed E-state index contributed by atoms with van der Waals surface area (Å²) in [5.41, 5.74) is 1.44. The average Bonchev–Trinajstić information content (AvgIpc) is 3.15. The van der Waals surface area contributed by atoms with Crippen LogP contribution in [-0.4, -0.2) is 20.6 Å². The van der Waals surface area contributed by atoms with Crippen LogP contribution >= 0.6 is 34.5 Å². The molecule has 0 aliphatic carbocycles. The number of carbonyl (C=O) groups excluding carboxylic acids is 1. The van der Waals surface area contributed by atoms with E-state index in [0.717, 1.165) is 18.4 Å². The zero-order valence-electron chi connectivity index (χ0n) is 18.0. The van der Waals surface area contributed by atoms with Crippen molar-refractivity contribution in [1.82, 2.24) is 0 Å². The van der Waals surface area contributed by atoms with Gasteiger partial charge in [-0.25, -0.2) is 17.2 Å². The number of hydrogen-bond donors (Lipinski definition) is 3. The normalized spacial score (nSPS) is 11.5. The molecule has 0 fully saturated rings. The van der Waals surface area contributed by atoms with Crippen molar-refractivity contribution in [2.24, 2.45) is 0 Å². The first kappa shape index (κ1) is 25.2. The van der Waals surface area contributed by atoms with Crippen LogP contribution in [0.5, 0.6) is 0 Å². The van der Waals surface area contributed by atoms with E-state index in [1.54, 1.807) is 36.4 Å². The summed E-state index contributed by atoms with van der Waals surface area (Å²) < 4.78 is 53.1. The van der Waals surface area contributed by atoms with Crippen LogP contribution in [0, 0.1) is 11.6 Å². The summed E-state index contributed by atoms with van der Waals surface area (Å²) in [5, 5.41) is 6.86. The predicted octanol–water partition coefficient (Wildman–Crippen LogP) is 6.72. The molecule has 4 rings (SSSR count). The first-order valence-corrected chi connectivity index (χ1v) is 13.4. The minimum absolute atomic E-state index is 0.130. The minimum Gasteiger partial charge on any atom is -0.379 e. The molecule has 0 aliphatic heterocycles. The Morgan fingerprint density at radius 2 is 1.77 bits per heavy atom. The number of nitrogens with one attached hydrogen (secondary N) is 3. The van der Waals surface area contributed by atoms with Gasteiger partial charge in [-0.15, -0.1) is 11.3 Å². The van der Waals surface area contributed by atoms with E-state index in [2.05, 4.69) is 15.4 Å². The zero-order chi connectivity index (χ0) is 25.3. The number of fused-ring (bicyclic) bond motifs is 1. The smallest absolute Gasteiger partial charge is 0.265 e. The molecule has 0 saturated heterocycles. The number of sulfonamides is 1. The number of thiophene rings is 1. The minimum atomic E-state index is -3.52. The molecule has 4 aromatic rings. The molecule has 0 unspecified atom stereocenters. The first-order chi connectivity index (χ1) is 16.5. The van der Waals surface area contributed by atoms with Crippen molar-refractivity contribution in [1.29, 1.82) is 0 Å². The third-order valence-corrected chi connectivity index (χ3v) is 6.97. The lowest BCUT2D eigenvalue weighted by molar-refractivity contribution is 0.103. The van der Waals surface area contributed by atoms with E-state index in [1.807, 2.05) is 0 Å². The van der Waals surface area contributed by atoms with Crippen LogP contribution < -0.4 is 15.4 Å². The standard InChI is InChI=1S/C23H17Cl2F2N3O3S2/c1-35(32,33)30-20-6-13-7-22(34-21(13)10-17(20)25)23(31)29-16-5-12(4-14(24)8-16)11-28-19-3-2-15(26)9-18(19)27/h2-10,28,30H,11H2,1H3,(H,29,31). The second-order valence-electron chi connectivity index (χ2n) is 7.63. The summed E-state index contributed by atoms with van der Waals surface area (Å²) in [7, 11) is -3.52. The van der Waals surface area contributed by atoms with Gasteiger partial charge in [0.25, 0.3) is 5.91 Å². The average molecular weight is 556 g/mol. The highest BCUT2D eigenvalue weighted by molar-refractivity contribution is 7.92. The Balaban J connectivity index is 1.51. The Morgan fingerprint density at radius 3 is 2.49 bits per heavy atom. The molecule has 0 saturated carbocycles. The van der Waals surface area contributed by atoms with Crippen molar-refractivity contribution < 1.29 is 22.0 Å². The van der Waals surface area contributed by atoms with Crippen LogP contribution in [0.4, 0.5) is 25.8 Å². The maximum absolute atomic E-state index is 13.9. The van der Waals surface area contributed by atoms with Gasteiger partial charge >= 0.3 is 0 Å². The summed E-state index contributed by atoms with van der Waals surface area (Å²) in [5.74, 6) is -1.79. The lowest BCUT2D eigenvalue weighted by Crippen LogP contribution is -2.11. The maximum atomic E-state index is 13.9. The number of amides is 1. The number of hydrogen-bond acceptors (Lipinski definition) is 5. The Kier molecular flexibility index (Phi) is 7.18. The van der Waals surface area contributed by atoms with Crippen LogP contribution in [0.1, 0.15) is 15.2 Å². The molecule has 1 aromatic heterocycles. The molecule has 6 nitrogen and oxygen atoms in total. The van der Waals surface area contributed by atoms with Crippen molar-refractivity contribution >= 4 is 77.6 Å². The summed E-state index contributed by atoms with van der Waals surface area (Å²) in [6.45, 7) is 0.184. The van der Waals surface area contributed by atoms with Gasteiger partial charge in [-0.3, -0.25) is 9.52 Å². The van der Waals surface area contributed by atoms with E-state index in [0.29, 0.717) is 31.2 Å². The second-order valence-corrected chi connectivity index (χ2v) is 11.3. The molecule has 12 heteroatoms. The number of rotatable bonds is 7. The van der Waals surface area contributed by atoms with Crippen molar-refractivity contribution in [3.63, 3.8) is 0 Å². The van der Waals surface area contributed by atoms with E-state index < -0.39 is 27.6 Å². The Labute approximate surface area is 213 Å². The maximum Gasteiger partial charge on any atom is 0.265 e. The number of halogens is 4. The molecule has 1 amide bonds. The van der Waals surface area contributed by atoms with E-state index >= 15 is 0 Å². The van der Waals surface area contributed by atoms with Crippen LogP contribution in [0.15, 0.2) is 54.6 Å². The quantitative estimate of drug-likeness (QED) is 0.236. The monoisotopic (exact) mass is 555 g/mol. The third-order valence-electron chi connectivity index (χ3n) is 4.75. The van der Waals surface area contributed by atoms with Gasteiger partial charge in [0.2, 0.25) is 10.0 Å². The van der Waals surface area contributed by atoms with E-state index in [-0.39, 0.29) is 22.9 Å². The predicted molar refractivity (Wildman–Crippen MR) is 138 cm³/mol. The Morgan fingerprint density at radius 1 is 1.00 bits per heavy atom. The zero-order valence-corrected chi connectivity index (χ0v) is 21.1. The molecule has 182 valence electrons. The van der Waals surface area contributed by atoms with Crippen LogP contribution in [0.25, 0.3) is 10.1 Å². The lowest BCUT2D eigenvalue weighted by atomic mass is 10.2. The topological polar surface area (TPSA) is 87.3 Å². The van der Waals surface area contributed by atoms with Gasteiger partial charge in [-0.2, -0.15) is 0 Å². The van der Waals surface area contributed by atoms with Crippen molar-refractivity contribution in [2.75, 3.05) is 21.6 Å². The summed E-state index contributed by atoms with van der Waals surface area (Å²) >= 11 is 13.6. The van der Waals surface area contributed by atoms with Crippen molar-refractivity contribution in [3.05, 3.63) is 86.7 Å². The second kappa shape index (κ2) is 9.98. The van der Waals surface area contributed by atoms with E-state index in [4.69, 9.17) is 23.2 Å². The lowest BCUT2D eigenvalue weighted by Gasteiger charge is -2.11. The van der Waals surface area contributed by atoms with E-state index in [9.17, 15) is 22.0 Å². The van der Waals surface area contributed by atoms with Gasteiger partial charge in [0.1, 0.15) is 11.6 Å². The number of benzene rings is 3. The van der Waals surface area contributed by atoms with Crippen LogP contribution in [0.2, 0.25) is 10.0 Å². The summed E-state index contributed by atoms with van der Waals surface area (Å²) in [6.07, 6.45) is 1.02. The van der Waals surface area contributed by atoms with Crippen molar-refractivity contribution in [3.8, 4) is 0 Å². The highest BCUT2D eigenvalue weighted by Crippen LogP contribution is 2.34. The highest BCUT2D eigenvalue weighted by Gasteiger charge is 2.15. The Hall–Kier alpha value is -2.92. The number of carbonyl (C=O) groups is 1. The van der Waals surface area contributed by atoms with Gasteiger partial charge in [-0.05, 0) is 59.5 Å². The SMILES string of the molecule is CS(=O)(=O)Nc1cc2cc(C(=O)Nc3cc(Cl)cc(CNc4ccc(F)cc4F)c3)sc2cc1Cl. The summed E-state index contributed by atoms with van der Waals surface area (Å²) in [6, 6.07) is 12.9. The fraction of sp³-hybridized carbons (Fsp3) is 0.0870. The molecule has 0 aliphatic rings. The van der Waals surface area contributed by atoms with Crippen molar-refractivity contribution in [2.45, 2.75) is 6.54 Å². The molecular formula is C23H17Cl2F2N3O3S2. The molecule has 0 radical (unpaired) electrons. The largest absolute Gasteiger partial charge is 0.379 e. The fourth-order valence-electron chi connectivity index (χ4n) is 3.30. The van der Waals surface area contributed by atoms with Gasteiger partial charge in [0.15, 0.2) is 0 Å². The van der Waals surface area contributed by atoms with E-state index in [1.165, 1.54) is 17.4 Å². The van der Waals surface area contributed by atoms with Gasteiger partial charge in [-0.1, -0.05) is 23.2 Å². The number of anilines is 3. The third kappa shape index (κ3) is 6.40. The fourth-order valence-corrected chi connectivity index (χ4v) is 5.44. The van der Waals surface area contributed by atoms with Crippen LogP contribution in [0.3, 0.4) is 0 Å². The van der Waals surface area contributed by atoms with Gasteiger partial charge in [0, 0.05) is 28.0 Å². The molecule has 3 N–H and O–H groups in total. The van der Waals surface area contributed by atoms with Gasteiger partial charge in [0.05, 0.1) is 27.5 Å². The van der Waals surface area contributed by atoms with Crippen LogP contribution in [-0.2, 0) is 16.6 Å². The molecule has 1 heterocycles. The molecule has 0 spiro atoms. The molecule has 0 atom stereocenters. The molecule has 3 aromatic carbocycles. The molecule has 0 bridgehead atoms.